The predicted molar refractivity (Wildman–Crippen MR) is 87.6 cm³/mol. The van der Waals surface area contributed by atoms with Crippen LogP contribution in [0.4, 0.5) is 10.2 Å². The molecule has 6 heteroatoms. The molecule has 0 aliphatic rings. The van der Waals surface area contributed by atoms with Gasteiger partial charge in [-0.2, -0.15) is 5.26 Å². The summed E-state index contributed by atoms with van der Waals surface area (Å²) < 4.78 is 14.9. The van der Waals surface area contributed by atoms with Crippen molar-refractivity contribution < 1.29 is 4.39 Å². The van der Waals surface area contributed by atoms with E-state index in [0.717, 1.165) is 24.3 Å². The summed E-state index contributed by atoms with van der Waals surface area (Å²) in [7, 11) is 0. The first kappa shape index (κ1) is 15.1. The Labute approximate surface area is 133 Å². The van der Waals surface area contributed by atoms with Crippen molar-refractivity contribution in [3.8, 4) is 17.3 Å². The number of nitrogens with zero attached hydrogens (tertiary/aromatic N) is 3. The minimum absolute atomic E-state index is 0.287. The Bertz CT molecular complexity index is 852. The number of anilines is 1. The second-order valence-corrected chi connectivity index (χ2v) is 5.88. The normalized spacial score (nSPS) is 11.1. The van der Waals surface area contributed by atoms with Crippen molar-refractivity contribution in [1.29, 1.82) is 5.26 Å². The third kappa shape index (κ3) is 2.90. The van der Waals surface area contributed by atoms with Gasteiger partial charge < -0.3 is 5.32 Å². The molecule has 0 unspecified atom stereocenters. The van der Waals surface area contributed by atoms with Crippen molar-refractivity contribution in [3.05, 3.63) is 41.8 Å². The molecule has 0 saturated carbocycles. The third-order valence-corrected chi connectivity index (χ3v) is 3.71. The molecule has 0 saturated heterocycles. The lowest BCUT2D eigenvalue weighted by Gasteiger charge is -2.09. The van der Waals surface area contributed by atoms with E-state index in [1.54, 1.807) is 22.8 Å². The molecule has 0 radical (unpaired) electrons. The summed E-state index contributed by atoms with van der Waals surface area (Å²) in [5.74, 6) is 1.08. The number of H-pyrrole nitrogens is 1. The van der Waals surface area contributed by atoms with E-state index in [4.69, 9.17) is 0 Å². The number of aromatic amines is 1. The minimum atomic E-state index is -0.287. The Hall–Kier alpha value is -2.81. The second-order valence-electron chi connectivity index (χ2n) is 5.88. The van der Waals surface area contributed by atoms with Crippen LogP contribution in [0.2, 0.25) is 0 Å². The third-order valence-electron chi connectivity index (χ3n) is 3.71. The molecule has 0 atom stereocenters. The molecule has 1 aromatic carbocycles. The number of aromatic nitrogens is 3. The number of hydrogen-bond acceptors (Lipinski definition) is 3. The standard InChI is InChI=1S/C17H18FN5/c1-11(2)7-8-20-17-15(12-3-5-14(18)6-4-12)22-16-13(9-19)10-21-23(16)17/h3-6,10-11,20-21H,7-8H2,1-2H3. The molecule has 0 aliphatic carbocycles. The summed E-state index contributed by atoms with van der Waals surface area (Å²) in [5, 5.41) is 15.6. The zero-order valence-corrected chi connectivity index (χ0v) is 13.1. The molecule has 0 amide bonds. The van der Waals surface area contributed by atoms with Crippen LogP contribution in [0.25, 0.3) is 16.9 Å². The van der Waals surface area contributed by atoms with Crippen molar-refractivity contribution in [3.63, 3.8) is 0 Å². The minimum Gasteiger partial charge on any atom is -0.368 e. The molecule has 0 fully saturated rings. The Morgan fingerprint density at radius 1 is 1.35 bits per heavy atom. The summed E-state index contributed by atoms with van der Waals surface area (Å²) in [5.41, 5.74) is 2.56. The van der Waals surface area contributed by atoms with E-state index in [9.17, 15) is 9.65 Å². The number of benzene rings is 1. The first-order valence-electron chi connectivity index (χ1n) is 7.60. The van der Waals surface area contributed by atoms with Gasteiger partial charge in [-0.3, -0.25) is 5.10 Å². The van der Waals surface area contributed by atoms with Crippen molar-refractivity contribution in [2.45, 2.75) is 20.3 Å². The predicted octanol–water partition coefficient (Wildman–Crippen LogP) is 3.80. The molecular formula is C17H18FN5. The van der Waals surface area contributed by atoms with E-state index < -0.39 is 0 Å². The molecular weight excluding hydrogens is 293 g/mol. The number of hydrogen-bond donors (Lipinski definition) is 2. The van der Waals surface area contributed by atoms with Crippen LogP contribution in [0.5, 0.6) is 0 Å². The summed E-state index contributed by atoms with van der Waals surface area (Å²) >= 11 is 0. The first-order chi connectivity index (χ1) is 11.1. The van der Waals surface area contributed by atoms with Gasteiger partial charge in [-0.25, -0.2) is 13.9 Å². The number of nitriles is 1. The molecule has 2 heterocycles. The van der Waals surface area contributed by atoms with Crippen LogP contribution < -0.4 is 5.32 Å². The van der Waals surface area contributed by atoms with E-state index in [0.29, 0.717) is 22.8 Å². The van der Waals surface area contributed by atoms with Crippen LogP contribution in [0.1, 0.15) is 25.8 Å². The fraction of sp³-hybridized carbons (Fsp3) is 0.294. The molecule has 0 spiro atoms. The number of rotatable bonds is 5. The van der Waals surface area contributed by atoms with Crippen molar-refractivity contribution in [1.82, 2.24) is 14.6 Å². The van der Waals surface area contributed by atoms with Gasteiger partial charge >= 0.3 is 0 Å². The highest BCUT2D eigenvalue weighted by Crippen LogP contribution is 2.29. The Morgan fingerprint density at radius 3 is 2.74 bits per heavy atom. The van der Waals surface area contributed by atoms with Gasteiger partial charge in [0.15, 0.2) is 11.5 Å². The zero-order valence-electron chi connectivity index (χ0n) is 13.1. The fourth-order valence-corrected chi connectivity index (χ4v) is 2.45. The topological polar surface area (TPSA) is 68.9 Å². The zero-order chi connectivity index (χ0) is 16.4. The van der Waals surface area contributed by atoms with Gasteiger partial charge in [-0.15, -0.1) is 0 Å². The van der Waals surface area contributed by atoms with Gasteiger partial charge in [0.1, 0.15) is 23.1 Å². The van der Waals surface area contributed by atoms with Crippen LogP contribution in [-0.2, 0) is 0 Å². The average Bonchev–Trinajstić information content (AvgIpc) is 3.07. The fourth-order valence-electron chi connectivity index (χ4n) is 2.45. The van der Waals surface area contributed by atoms with Crippen LogP contribution in [-0.4, -0.2) is 21.1 Å². The SMILES string of the molecule is CC(C)CCNc1c(-c2ccc(F)cc2)nc2c(C#N)c[nH]n12. The molecule has 2 N–H and O–H groups in total. The number of nitrogens with one attached hydrogen (secondary N) is 2. The molecule has 118 valence electrons. The first-order valence-corrected chi connectivity index (χ1v) is 7.60. The molecule has 2 aromatic heterocycles. The Kier molecular flexibility index (Phi) is 4.02. The van der Waals surface area contributed by atoms with Crippen LogP contribution >= 0.6 is 0 Å². The van der Waals surface area contributed by atoms with Crippen molar-refractivity contribution >= 4 is 11.5 Å². The number of halogens is 1. The van der Waals surface area contributed by atoms with Gasteiger partial charge in [-0.1, -0.05) is 13.8 Å². The Balaban J connectivity index is 2.06. The quantitative estimate of drug-likeness (QED) is 0.753. The van der Waals surface area contributed by atoms with E-state index in [1.165, 1.54) is 12.1 Å². The summed E-state index contributed by atoms with van der Waals surface area (Å²) in [4.78, 5) is 4.57. The highest BCUT2D eigenvalue weighted by atomic mass is 19.1. The van der Waals surface area contributed by atoms with E-state index in [1.807, 2.05) is 0 Å². The molecule has 3 aromatic rings. The highest BCUT2D eigenvalue weighted by molar-refractivity contribution is 5.78. The monoisotopic (exact) mass is 311 g/mol. The van der Waals surface area contributed by atoms with Gasteiger partial charge in [0.05, 0.1) is 0 Å². The Morgan fingerprint density at radius 2 is 2.09 bits per heavy atom. The lowest BCUT2D eigenvalue weighted by Crippen LogP contribution is -2.08. The molecule has 5 nitrogen and oxygen atoms in total. The van der Waals surface area contributed by atoms with Gasteiger partial charge in [-0.05, 0) is 36.6 Å². The number of fused-ring (bicyclic) bond motifs is 1. The van der Waals surface area contributed by atoms with E-state index in [2.05, 4.69) is 35.3 Å². The maximum atomic E-state index is 13.2. The van der Waals surface area contributed by atoms with Crippen molar-refractivity contribution in [2.75, 3.05) is 11.9 Å². The lowest BCUT2D eigenvalue weighted by molar-refractivity contribution is 0.606. The van der Waals surface area contributed by atoms with Crippen LogP contribution in [0.3, 0.4) is 0 Å². The van der Waals surface area contributed by atoms with E-state index in [-0.39, 0.29) is 5.82 Å². The van der Waals surface area contributed by atoms with Crippen LogP contribution in [0.15, 0.2) is 30.5 Å². The van der Waals surface area contributed by atoms with Gasteiger partial charge in [0.25, 0.3) is 0 Å². The van der Waals surface area contributed by atoms with Gasteiger partial charge in [0.2, 0.25) is 0 Å². The smallest absolute Gasteiger partial charge is 0.173 e. The van der Waals surface area contributed by atoms with Gasteiger partial charge in [0, 0.05) is 18.3 Å². The number of imidazole rings is 1. The molecule has 23 heavy (non-hydrogen) atoms. The largest absolute Gasteiger partial charge is 0.368 e. The van der Waals surface area contributed by atoms with Crippen molar-refractivity contribution in [2.24, 2.45) is 5.92 Å². The highest BCUT2D eigenvalue weighted by Gasteiger charge is 2.17. The maximum absolute atomic E-state index is 13.2. The second kappa shape index (κ2) is 6.13. The lowest BCUT2D eigenvalue weighted by atomic mass is 10.1. The maximum Gasteiger partial charge on any atom is 0.173 e. The summed E-state index contributed by atoms with van der Waals surface area (Å²) in [6, 6.07) is 8.32. The molecule has 3 rings (SSSR count). The summed E-state index contributed by atoms with van der Waals surface area (Å²) in [6.07, 6.45) is 2.65. The molecule has 0 aliphatic heterocycles. The summed E-state index contributed by atoms with van der Waals surface area (Å²) in [6.45, 7) is 5.12. The van der Waals surface area contributed by atoms with Crippen LogP contribution in [0, 0.1) is 23.1 Å². The molecule has 0 bridgehead atoms. The average molecular weight is 311 g/mol. The van der Waals surface area contributed by atoms with E-state index >= 15 is 0 Å².